The summed E-state index contributed by atoms with van der Waals surface area (Å²) in [6, 6.07) is 2.44. The van der Waals surface area contributed by atoms with Crippen LogP contribution in [0.3, 0.4) is 0 Å². The molecule has 112 valence electrons. The monoisotopic (exact) mass is 305 g/mol. The molecule has 1 aliphatic carbocycles. The zero-order valence-electron chi connectivity index (χ0n) is 11.9. The molecule has 3 amide bonds. The average molecular weight is 305 g/mol. The van der Waals surface area contributed by atoms with Gasteiger partial charge in [0.15, 0.2) is 0 Å². The average Bonchev–Trinajstić information content (AvgIpc) is 2.92. The highest BCUT2D eigenvalue weighted by atomic mass is 32.1. The minimum Gasteiger partial charge on any atom is -0.335 e. The second-order valence-electron chi connectivity index (χ2n) is 6.53. The summed E-state index contributed by atoms with van der Waals surface area (Å²) < 4.78 is 0. The Morgan fingerprint density at radius 3 is 2.95 bits per heavy atom. The molecule has 3 heterocycles. The summed E-state index contributed by atoms with van der Waals surface area (Å²) >= 11 is 1.61. The molecule has 1 spiro atoms. The van der Waals surface area contributed by atoms with Crippen LogP contribution in [0, 0.1) is 5.41 Å². The molecule has 3 fully saturated rings. The van der Waals surface area contributed by atoms with Crippen molar-refractivity contribution in [3.05, 3.63) is 16.8 Å². The van der Waals surface area contributed by atoms with Crippen LogP contribution in [0.1, 0.15) is 25.7 Å². The normalized spacial score (nSPS) is 28.7. The van der Waals surface area contributed by atoms with Gasteiger partial charge in [0.2, 0.25) is 5.91 Å². The van der Waals surface area contributed by atoms with Crippen LogP contribution in [-0.4, -0.2) is 42.5 Å². The van der Waals surface area contributed by atoms with Gasteiger partial charge in [-0.1, -0.05) is 0 Å². The summed E-state index contributed by atoms with van der Waals surface area (Å²) in [5, 5.41) is 7.06. The first-order valence-corrected chi connectivity index (χ1v) is 8.48. The predicted molar refractivity (Wildman–Crippen MR) is 81.5 cm³/mol. The third-order valence-corrected chi connectivity index (χ3v) is 5.44. The van der Waals surface area contributed by atoms with E-state index >= 15 is 0 Å². The van der Waals surface area contributed by atoms with Crippen LogP contribution in [0.2, 0.25) is 0 Å². The summed E-state index contributed by atoms with van der Waals surface area (Å²) in [7, 11) is 0. The van der Waals surface area contributed by atoms with Crippen molar-refractivity contribution in [1.29, 1.82) is 0 Å². The summed E-state index contributed by atoms with van der Waals surface area (Å²) in [4.78, 5) is 28.2. The molecule has 21 heavy (non-hydrogen) atoms. The van der Waals surface area contributed by atoms with E-state index in [0.717, 1.165) is 38.0 Å². The van der Waals surface area contributed by atoms with Crippen molar-refractivity contribution in [1.82, 2.24) is 10.2 Å². The first kappa shape index (κ1) is 13.1. The Morgan fingerprint density at radius 2 is 2.24 bits per heavy atom. The van der Waals surface area contributed by atoms with Crippen LogP contribution in [0.5, 0.6) is 0 Å². The number of carbonyl (C=O) groups excluding carboxylic acids is 2. The molecule has 1 atom stereocenters. The number of hydrogen-bond acceptors (Lipinski definition) is 3. The number of rotatable bonds is 2. The molecule has 1 saturated carbocycles. The fourth-order valence-corrected chi connectivity index (χ4v) is 4.06. The maximum absolute atomic E-state index is 12.3. The van der Waals surface area contributed by atoms with Gasteiger partial charge in [-0.05, 0) is 30.7 Å². The smallest absolute Gasteiger partial charge is 0.317 e. The molecule has 4 rings (SSSR count). The Kier molecular flexibility index (Phi) is 2.96. The Balaban J connectivity index is 1.44. The van der Waals surface area contributed by atoms with Crippen LogP contribution in [-0.2, 0) is 4.79 Å². The van der Waals surface area contributed by atoms with Gasteiger partial charge in [0.05, 0.1) is 5.69 Å². The minimum atomic E-state index is -0.0418. The van der Waals surface area contributed by atoms with Crippen molar-refractivity contribution in [3.63, 3.8) is 0 Å². The molecule has 3 aliphatic rings. The highest BCUT2D eigenvalue weighted by Crippen LogP contribution is 2.42. The molecule has 5 nitrogen and oxygen atoms in total. The zero-order valence-corrected chi connectivity index (χ0v) is 12.7. The summed E-state index contributed by atoms with van der Waals surface area (Å²) in [6.07, 6.45) is 3.71. The first-order valence-electron chi connectivity index (χ1n) is 7.53. The number of thiophene rings is 1. The summed E-state index contributed by atoms with van der Waals surface area (Å²) in [6.45, 7) is 2.22. The van der Waals surface area contributed by atoms with E-state index in [1.807, 2.05) is 26.6 Å². The lowest BCUT2D eigenvalue weighted by atomic mass is 9.86. The number of likely N-dealkylation sites (tertiary alicyclic amines) is 1. The Morgan fingerprint density at radius 1 is 1.38 bits per heavy atom. The van der Waals surface area contributed by atoms with E-state index in [1.54, 1.807) is 11.3 Å². The Labute approximate surface area is 127 Å². The number of urea groups is 1. The third-order valence-electron chi connectivity index (χ3n) is 4.77. The number of nitrogens with one attached hydrogen (secondary N) is 1. The molecule has 0 radical (unpaired) electrons. The van der Waals surface area contributed by atoms with E-state index in [0.29, 0.717) is 19.0 Å². The lowest BCUT2D eigenvalue weighted by Crippen LogP contribution is -2.41. The molecular weight excluding hydrogens is 286 g/mol. The molecule has 2 aliphatic heterocycles. The number of nitrogens with zero attached hydrogens (tertiary/aromatic N) is 2. The van der Waals surface area contributed by atoms with Gasteiger partial charge in [-0.15, -0.1) is 0 Å². The highest BCUT2D eigenvalue weighted by molar-refractivity contribution is 7.08. The van der Waals surface area contributed by atoms with Crippen molar-refractivity contribution in [2.45, 2.75) is 31.7 Å². The van der Waals surface area contributed by atoms with Gasteiger partial charge in [-0.2, -0.15) is 11.3 Å². The zero-order chi connectivity index (χ0) is 14.4. The summed E-state index contributed by atoms with van der Waals surface area (Å²) in [5.41, 5.74) is 0.961. The Bertz CT molecular complexity index is 569. The molecular formula is C15H19N3O2S. The minimum absolute atomic E-state index is 0.0418. The van der Waals surface area contributed by atoms with Gasteiger partial charge < -0.3 is 15.1 Å². The topological polar surface area (TPSA) is 52.7 Å². The van der Waals surface area contributed by atoms with Gasteiger partial charge >= 0.3 is 6.03 Å². The number of anilines is 1. The molecule has 0 bridgehead atoms. The highest BCUT2D eigenvalue weighted by Gasteiger charge is 2.49. The fourth-order valence-electron chi connectivity index (χ4n) is 3.42. The molecule has 6 heteroatoms. The molecule has 1 aromatic heterocycles. The van der Waals surface area contributed by atoms with Gasteiger partial charge in [0, 0.05) is 42.9 Å². The fraction of sp³-hybridized carbons (Fsp3) is 0.600. The number of hydrogen-bond donors (Lipinski definition) is 1. The molecule has 2 saturated heterocycles. The van der Waals surface area contributed by atoms with Crippen molar-refractivity contribution in [2.24, 2.45) is 5.41 Å². The van der Waals surface area contributed by atoms with Gasteiger partial charge in [-0.25, -0.2) is 4.79 Å². The van der Waals surface area contributed by atoms with Crippen LogP contribution < -0.4 is 10.2 Å². The van der Waals surface area contributed by atoms with Crippen LogP contribution >= 0.6 is 11.3 Å². The van der Waals surface area contributed by atoms with E-state index in [9.17, 15) is 9.59 Å². The second kappa shape index (κ2) is 4.73. The molecule has 1 unspecified atom stereocenters. The van der Waals surface area contributed by atoms with E-state index in [-0.39, 0.29) is 17.4 Å². The molecule has 0 aromatic carbocycles. The maximum Gasteiger partial charge on any atom is 0.317 e. The van der Waals surface area contributed by atoms with Crippen molar-refractivity contribution < 1.29 is 9.59 Å². The number of carbonyl (C=O) groups is 2. The number of amides is 3. The largest absolute Gasteiger partial charge is 0.335 e. The van der Waals surface area contributed by atoms with Crippen LogP contribution in [0.15, 0.2) is 16.8 Å². The van der Waals surface area contributed by atoms with Crippen molar-refractivity contribution in [2.75, 3.05) is 24.5 Å². The third kappa shape index (κ3) is 2.41. The van der Waals surface area contributed by atoms with E-state index < -0.39 is 0 Å². The van der Waals surface area contributed by atoms with Crippen molar-refractivity contribution >= 4 is 29.0 Å². The lowest BCUT2D eigenvalue weighted by molar-refractivity contribution is -0.117. The maximum atomic E-state index is 12.3. The van der Waals surface area contributed by atoms with Gasteiger partial charge in [-0.3, -0.25) is 4.79 Å². The van der Waals surface area contributed by atoms with E-state index in [4.69, 9.17) is 0 Å². The molecule has 1 aromatic rings. The standard InChI is InChI=1S/C15H19N3O2S/c19-13-7-15(10-18(13)12-3-6-21-8-12)4-5-17(9-15)14(20)16-11-1-2-11/h3,6,8,11H,1-2,4-5,7,9-10H2,(H,16,20). The van der Waals surface area contributed by atoms with Crippen LogP contribution in [0.25, 0.3) is 0 Å². The van der Waals surface area contributed by atoms with Gasteiger partial charge in [0.25, 0.3) is 0 Å². The second-order valence-corrected chi connectivity index (χ2v) is 7.31. The lowest BCUT2D eigenvalue weighted by Gasteiger charge is -2.24. The summed E-state index contributed by atoms with van der Waals surface area (Å²) in [5.74, 6) is 0.192. The Hall–Kier alpha value is -1.56. The molecule has 1 N–H and O–H groups in total. The van der Waals surface area contributed by atoms with E-state index in [1.165, 1.54) is 0 Å². The van der Waals surface area contributed by atoms with Crippen LogP contribution in [0.4, 0.5) is 10.5 Å². The van der Waals surface area contributed by atoms with Crippen molar-refractivity contribution in [3.8, 4) is 0 Å². The van der Waals surface area contributed by atoms with Gasteiger partial charge in [0.1, 0.15) is 0 Å². The van der Waals surface area contributed by atoms with E-state index in [2.05, 4.69) is 5.32 Å². The SMILES string of the molecule is O=C(NC1CC1)N1CCC2(CC(=O)N(c3ccsc3)C2)C1. The predicted octanol–water partition coefficient (Wildman–Crippen LogP) is 2.05. The quantitative estimate of drug-likeness (QED) is 0.909. The first-order chi connectivity index (χ1) is 10.2.